The van der Waals surface area contributed by atoms with E-state index in [2.05, 4.69) is 10.2 Å². The van der Waals surface area contributed by atoms with Gasteiger partial charge in [0.25, 0.3) is 0 Å². The number of ether oxygens (including phenoxy) is 2. The maximum absolute atomic E-state index is 10.5. The molecule has 2 heterocycles. The lowest BCUT2D eigenvalue weighted by Gasteiger charge is -2.04. The maximum atomic E-state index is 10.5. The topological polar surface area (TPSA) is 112 Å². The van der Waals surface area contributed by atoms with Gasteiger partial charge >= 0.3 is 5.97 Å². The van der Waals surface area contributed by atoms with Crippen molar-refractivity contribution in [2.24, 2.45) is 0 Å². The Balaban J connectivity index is 1.80. The van der Waals surface area contributed by atoms with Crippen LogP contribution in [0.5, 0.6) is 11.5 Å². The zero-order valence-corrected chi connectivity index (χ0v) is 11.7. The molecule has 110 valence electrons. The molecule has 0 fully saturated rings. The van der Waals surface area contributed by atoms with Gasteiger partial charge in [-0.25, -0.2) is 4.68 Å². The number of thioether (sulfide) groups is 1. The van der Waals surface area contributed by atoms with E-state index in [4.69, 9.17) is 20.4 Å². The van der Waals surface area contributed by atoms with E-state index < -0.39 is 5.97 Å². The summed E-state index contributed by atoms with van der Waals surface area (Å²) in [5, 5.41) is 17.1. The number of nitrogens with zero attached hydrogens (tertiary/aromatic N) is 3. The molecule has 1 aromatic carbocycles. The summed E-state index contributed by atoms with van der Waals surface area (Å²) in [5.41, 5.74) is 0.749. The molecule has 8 nitrogen and oxygen atoms in total. The zero-order chi connectivity index (χ0) is 14.8. The van der Waals surface area contributed by atoms with Crippen molar-refractivity contribution < 1.29 is 19.4 Å². The molecule has 0 atom stereocenters. The molecule has 0 saturated carbocycles. The molecule has 0 bridgehead atoms. The Labute approximate surface area is 123 Å². The third kappa shape index (κ3) is 2.72. The Hall–Kier alpha value is -2.42. The second-order valence-corrected chi connectivity index (χ2v) is 5.30. The third-order valence-electron chi connectivity index (χ3n) is 2.84. The summed E-state index contributed by atoms with van der Waals surface area (Å²) in [6, 6.07) is 5.37. The fraction of sp³-hybridized carbons (Fsp3) is 0.250. The van der Waals surface area contributed by atoms with Crippen LogP contribution in [0.1, 0.15) is 6.42 Å². The van der Waals surface area contributed by atoms with E-state index in [0.29, 0.717) is 28.2 Å². The lowest BCUT2D eigenvalue weighted by atomic mass is 10.2. The summed E-state index contributed by atoms with van der Waals surface area (Å²) in [6.45, 7) is 0.199. The van der Waals surface area contributed by atoms with Crippen molar-refractivity contribution in [3.8, 4) is 22.9 Å². The van der Waals surface area contributed by atoms with Crippen LogP contribution in [0, 0.1) is 0 Å². The summed E-state index contributed by atoms with van der Waals surface area (Å²) in [6.07, 6.45) is 0.0386. The maximum Gasteiger partial charge on any atom is 0.304 e. The van der Waals surface area contributed by atoms with Crippen LogP contribution in [-0.4, -0.2) is 38.5 Å². The molecule has 0 radical (unpaired) electrons. The first-order valence-corrected chi connectivity index (χ1v) is 7.09. The second kappa shape index (κ2) is 5.52. The van der Waals surface area contributed by atoms with Gasteiger partial charge in [0.2, 0.25) is 11.9 Å². The summed E-state index contributed by atoms with van der Waals surface area (Å²) < 4.78 is 11.9. The van der Waals surface area contributed by atoms with E-state index in [1.165, 1.54) is 16.4 Å². The van der Waals surface area contributed by atoms with Crippen LogP contribution in [0.2, 0.25) is 0 Å². The van der Waals surface area contributed by atoms with Crippen molar-refractivity contribution >= 4 is 17.7 Å². The summed E-state index contributed by atoms with van der Waals surface area (Å²) >= 11 is 1.24. The molecule has 1 aromatic heterocycles. The molecule has 0 amide bonds. The molecule has 0 spiro atoms. The molecule has 9 heteroatoms. The van der Waals surface area contributed by atoms with E-state index in [1.807, 2.05) is 6.07 Å². The zero-order valence-electron chi connectivity index (χ0n) is 10.9. The molecule has 1 aliphatic heterocycles. The smallest absolute Gasteiger partial charge is 0.304 e. The Bertz CT molecular complexity index is 688. The normalized spacial score (nSPS) is 12.6. The molecule has 0 saturated heterocycles. The van der Waals surface area contributed by atoms with Crippen molar-refractivity contribution in [3.05, 3.63) is 18.2 Å². The number of nitrogens with two attached hydrogens (primary N) is 1. The highest BCUT2D eigenvalue weighted by Gasteiger charge is 2.18. The highest BCUT2D eigenvalue weighted by atomic mass is 32.2. The number of hydrogen-bond donors (Lipinski definition) is 2. The van der Waals surface area contributed by atoms with Gasteiger partial charge < -0.3 is 20.4 Å². The fourth-order valence-corrected chi connectivity index (χ4v) is 2.62. The van der Waals surface area contributed by atoms with Gasteiger partial charge in [0, 0.05) is 11.3 Å². The average Bonchev–Trinajstić information content (AvgIpc) is 3.05. The Kier molecular flexibility index (Phi) is 3.57. The van der Waals surface area contributed by atoms with Gasteiger partial charge in [0.15, 0.2) is 17.3 Å². The van der Waals surface area contributed by atoms with Crippen LogP contribution < -0.4 is 15.3 Å². The largest absolute Gasteiger partial charge is 0.481 e. The van der Waals surface area contributed by atoms with Crippen LogP contribution >= 0.6 is 11.8 Å². The molecule has 2 aromatic rings. The first-order valence-electron chi connectivity index (χ1n) is 6.10. The van der Waals surface area contributed by atoms with E-state index in [9.17, 15) is 4.79 Å². The second-order valence-electron chi connectivity index (χ2n) is 4.24. The molecule has 3 N–H and O–H groups in total. The number of rotatable bonds is 5. The van der Waals surface area contributed by atoms with Crippen molar-refractivity contribution in [1.82, 2.24) is 14.9 Å². The lowest BCUT2D eigenvalue weighted by Crippen LogP contribution is -2.12. The highest BCUT2D eigenvalue weighted by Crippen LogP contribution is 2.35. The Morgan fingerprint density at radius 2 is 2.19 bits per heavy atom. The van der Waals surface area contributed by atoms with Crippen molar-refractivity contribution in [2.75, 3.05) is 18.4 Å². The molecule has 1 aliphatic rings. The van der Waals surface area contributed by atoms with E-state index in [0.717, 1.165) is 5.56 Å². The Morgan fingerprint density at radius 3 is 3.00 bits per heavy atom. The first-order chi connectivity index (χ1) is 10.1. The van der Waals surface area contributed by atoms with Crippen LogP contribution in [0.3, 0.4) is 0 Å². The van der Waals surface area contributed by atoms with Gasteiger partial charge in [-0.15, -0.1) is 10.2 Å². The van der Waals surface area contributed by atoms with E-state index in [-0.39, 0.29) is 13.2 Å². The molecule has 0 unspecified atom stereocenters. The predicted molar refractivity (Wildman–Crippen MR) is 74.7 cm³/mol. The van der Waals surface area contributed by atoms with Gasteiger partial charge in [0.05, 0.1) is 6.42 Å². The lowest BCUT2D eigenvalue weighted by molar-refractivity contribution is -0.136. The van der Waals surface area contributed by atoms with Gasteiger partial charge in [0.1, 0.15) is 0 Å². The Morgan fingerprint density at radius 1 is 1.38 bits per heavy atom. The van der Waals surface area contributed by atoms with Gasteiger partial charge in [-0.3, -0.25) is 4.79 Å². The molecule has 21 heavy (non-hydrogen) atoms. The van der Waals surface area contributed by atoms with Crippen molar-refractivity contribution in [3.63, 3.8) is 0 Å². The van der Waals surface area contributed by atoms with Crippen LogP contribution in [0.15, 0.2) is 23.4 Å². The summed E-state index contributed by atoms with van der Waals surface area (Å²) in [4.78, 5) is 10.5. The number of aliphatic carboxylic acids is 1. The standard InChI is InChI=1S/C12H12N4O4S/c13-16-11(14-15-12(16)21-4-3-10(17)18)7-1-2-8-9(5-7)20-6-19-8/h1-2,5H,3-4,6,13H2,(H,17,18). The van der Waals surface area contributed by atoms with Gasteiger partial charge in [-0.1, -0.05) is 11.8 Å². The van der Waals surface area contributed by atoms with Crippen LogP contribution in [0.25, 0.3) is 11.4 Å². The third-order valence-corrected chi connectivity index (χ3v) is 3.79. The number of benzene rings is 1. The first kappa shape index (κ1) is 13.6. The number of carboxylic acid groups (broad SMARTS) is 1. The average molecular weight is 308 g/mol. The summed E-state index contributed by atoms with van der Waals surface area (Å²) in [5.74, 6) is 7.26. The summed E-state index contributed by atoms with van der Waals surface area (Å²) in [7, 11) is 0. The minimum Gasteiger partial charge on any atom is -0.481 e. The van der Waals surface area contributed by atoms with Crippen LogP contribution in [-0.2, 0) is 4.79 Å². The SMILES string of the molecule is Nn1c(SCCC(=O)O)nnc1-c1ccc2c(c1)OCO2. The number of hydrogen-bond acceptors (Lipinski definition) is 7. The van der Waals surface area contributed by atoms with E-state index in [1.54, 1.807) is 12.1 Å². The molecular weight excluding hydrogens is 296 g/mol. The number of carbonyl (C=O) groups is 1. The van der Waals surface area contributed by atoms with Gasteiger partial charge in [-0.05, 0) is 18.2 Å². The van der Waals surface area contributed by atoms with E-state index >= 15 is 0 Å². The number of fused-ring (bicyclic) bond motifs is 1. The molecular formula is C12H12N4O4S. The molecule has 3 rings (SSSR count). The number of carboxylic acids is 1. The monoisotopic (exact) mass is 308 g/mol. The molecule has 0 aliphatic carbocycles. The quantitative estimate of drug-likeness (QED) is 0.620. The fourth-order valence-electron chi connectivity index (χ4n) is 1.84. The highest BCUT2D eigenvalue weighted by molar-refractivity contribution is 7.99. The minimum atomic E-state index is -0.860. The number of nitrogen functional groups attached to an aromatic ring is 1. The number of aromatic nitrogens is 3. The van der Waals surface area contributed by atoms with Crippen molar-refractivity contribution in [1.29, 1.82) is 0 Å². The van der Waals surface area contributed by atoms with Gasteiger partial charge in [-0.2, -0.15) is 0 Å². The van der Waals surface area contributed by atoms with Crippen LogP contribution in [0.4, 0.5) is 0 Å². The predicted octanol–water partition coefficient (Wildman–Crippen LogP) is 0.954. The van der Waals surface area contributed by atoms with Crippen molar-refractivity contribution in [2.45, 2.75) is 11.6 Å². The minimum absolute atomic E-state index is 0.0386.